The first kappa shape index (κ1) is 20.9. The van der Waals surface area contributed by atoms with E-state index in [1.54, 1.807) is 12.3 Å². The third-order valence-electron chi connectivity index (χ3n) is 5.73. The van der Waals surface area contributed by atoms with Crippen molar-refractivity contribution in [2.45, 2.75) is 58.5 Å². The van der Waals surface area contributed by atoms with Crippen LogP contribution in [0.15, 0.2) is 57.9 Å². The first-order chi connectivity index (χ1) is 15.0. The summed E-state index contributed by atoms with van der Waals surface area (Å²) in [5, 5.41) is 7.65. The number of carbonyl (C=O) groups excluding carboxylic acids is 1. The molecule has 1 aromatic carbocycles. The van der Waals surface area contributed by atoms with E-state index in [-0.39, 0.29) is 17.5 Å². The molecule has 0 aliphatic rings. The first-order valence-corrected chi connectivity index (χ1v) is 10.9. The summed E-state index contributed by atoms with van der Waals surface area (Å²) in [6.07, 6.45) is 4.40. The Hall–Kier alpha value is -3.35. The molecule has 0 bridgehead atoms. The standard InChI is InChI=1S/C24H28N4O3/c1-4-18(23(29)25-16(3)11-12-17-9-7-6-8-10-17)28-24(30)20-15-21-19(13-14-31-21)27(20)22(5-2)26-28/h6-10,13-16,18H,4-5,11-12H2,1-3H3,(H,25,29)/t16-,18-/m1/s1. The van der Waals surface area contributed by atoms with Crippen LogP contribution in [0.1, 0.15) is 51.0 Å². The number of nitrogens with one attached hydrogen (secondary N) is 1. The SMILES string of the molecule is CCc1nn([C@H](CC)C(=O)N[C@H](C)CCc2ccccc2)c(=O)c2cc3occc3n12. The number of fused-ring (bicyclic) bond motifs is 3. The molecule has 0 saturated carbocycles. The molecule has 7 heteroatoms. The number of hydrogen-bond acceptors (Lipinski definition) is 4. The van der Waals surface area contributed by atoms with E-state index in [4.69, 9.17) is 4.42 Å². The van der Waals surface area contributed by atoms with Crippen LogP contribution in [0.2, 0.25) is 0 Å². The zero-order valence-corrected chi connectivity index (χ0v) is 18.2. The van der Waals surface area contributed by atoms with E-state index in [2.05, 4.69) is 22.5 Å². The largest absolute Gasteiger partial charge is 0.463 e. The van der Waals surface area contributed by atoms with Crippen LogP contribution in [0.5, 0.6) is 0 Å². The fourth-order valence-corrected chi connectivity index (χ4v) is 4.04. The van der Waals surface area contributed by atoms with Gasteiger partial charge in [-0.3, -0.25) is 14.0 Å². The van der Waals surface area contributed by atoms with Crippen molar-refractivity contribution in [1.29, 1.82) is 0 Å². The maximum Gasteiger partial charge on any atom is 0.291 e. The fourth-order valence-electron chi connectivity index (χ4n) is 4.04. The van der Waals surface area contributed by atoms with Gasteiger partial charge in [0.1, 0.15) is 17.4 Å². The lowest BCUT2D eigenvalue weighted by molar-refractivity contribution is -0.125. The van der Waals surface area contributed by atoms with E-state index in [1.807, 2.05) is 49.4 Å². The predicted molar refractivity (Wildman–Crippen MR) is 120 cm³/mol. The molecule has 4 rings (SSSR count). The average Bonchev–Trinajstić information content (AvgIpc) is 3.37. The smallest absolute Gasteiger partial charge is 0.291 e. The number of benzene rings is 1. The molecule has 0 saturated heterocycles. The van der Waals surface area contributed by atoms with E-state index in [0.29, 0.717) is 23.9 Å². The van der Waals surface area contributed by atoms with Crippen molar-refractivity contribution < 1.29 is 9.21 Å². The summed E-state index contributed by atoms with van der Waals surface area (Å²) in [5.41, 5.74) is 2.88. The Labute approximate surface area is 180 Å². The van der Waals surface area contributed by atoms with E-state index in [0.717, 1.165) is 24.2 Å². The normalized spacial score (nSPS) is 13.5. The molecule has 3 aromatic heterocycles. The van der Waals surface area contributed by atoms with E-state index < -0.39 is 6.04 Å². The highest BCUT2D eigenvalue weighted by atomic mass is 16.3. The van der Waals surface area contributed by atoms with Crippen LogP contribution in [0.25, 0.3) is 16.6 Å². The number of furan rings is 1. The lowest BCUT2D eigenvalue weighted by Crippen LogP contribution is -2.42. The lowest BCUT2D eigenvalue weighted by Gasteiger charge is -2.21. The van der Waals surface area contributed by atoms with Gasteiger partial charge in [-0.25, -0.2) is 4.68 Å². The van der Waals surface area contributed by atoms with Crippen molar-refractivity contribution in [1.82, 2.24) is 19.5 Å². The molecular weight excluding hydrogens is 392 g/mol. The molecule has 2 atom stereocenters. The van der Waals surface area contributed by atoms with Crippen LogP contribution in [0.4, 0.5) is 0 Å². The Morgan fingerprint density at radius 3 is 2.65 bits per heavy atom. The Morgan fingerprint density at radius 2 is 1.94 bits per heavy atom. The molecule has 162 valence electrons. The van der Waals surface area contributed by atoms with Crippen molar-refractivity contribution in [3.05, 3.63) is 70.5 Å². The van der Waals surface area contributed by atoms with Gasteiger partial charge < -0.3 is 9.73 Å². The molecule has 0 spiro atoms. The molecule has 1 N–H and O–H groups in total. The van der Waals surface area contributed by atoms with E-state index in [1.165, 1.54) is 10.2 Å². The molecular formula is C24H28N4O3. The third kappa shape index (κ3) is 4.00. The summed E-state index contributed by atoms with van der Waals surface area (Å²) in [4.78, 5) is 26.3. The Balaban J connectivity index is 1.58. The second-order valence-electron chi connectivity index (χ2n) is 7.91. The van der Waals surface area contributed by atoms with Crippen molar-refractivity contribution in [3.63, 3.8) is 0 Å². The minimum Gasteiger partial charge on any atom is -0.463 e. The van der Waals surface area contributed by atoms with Gasteiger partial charge in [0.05, 0.1) is 11.8 Å². The van der Waals surface area contributed by atoms with Crippen LogP contribution >= 0.6 is 0 Å². The molecule has 0 fully saturated rings. The third-order valence-corrected chi connectivity index (χ3v) is 5.73. The summed E-state index contributed by atoms with van der Waals surface area (Å²) >= 11 is 0. The van der Waals surface area contributed by atoms with Crippen LogP contribution in [-0.4, -0.2) is 26.1 Å². The second kappa shape index (κ2) is 8.79. The number of aromatic nitrogens is 3. The van der Waals surface area contributed by atoms with Gasteiger partial charge in [0, 0.05) is 24.6 Å². The molecule has 3 heterocycles. The monoisotopic (exact) mass is 420 g/mol. The zero-order valence-electron chi connectivity index (χ0n) is 18.2. The van der Waals surface area contributed by atoms with Gasteiger partial charge >= 0.3 is 0 Å². The van der Waals surface area contributed by atoms with Crippen LogP contribution in [-0.2, 0) is 17.6 Å². The van der Waals surface area contributed by atoms with Gasteiger partial charge in [-0.15, -0.1) is 0 Å². The molecule has 0 aliphatic carbocycles. The van der Waals surface area contributed by atoms with Crippen molar-refractivity contribution in [2.75, 3.05) is 0 Å². The van der Waals surface area contributed by atoms with Crippen LogP contribution < -0.4 is 10.9 Å². The predicted octanol–water partition coefficient (Wildman–Crippen LogP) is 3.89. The maximum absolute atomic E-state index is 13.2. The molecule has 0 aliphatic heterocycles. The summed E-state index contributed by atoms with van der Waals surface area (Å²) in [6.45, 7) is 5.87. The molecule has 4 aromatic rings. The van der Waals surface area contributed by atoms with Crippen molar-refractivity contribution >= 4 is 22.5 Å². The number of carbonyl (C=O) groups is 1. The van der Waals surface area contributed by atoms with Crippen molar-refractivity contribution in [3.8, 4) is 0 Å². The van der Waals surface area contributed by atoms with Gasteiger partial charge in [0.15, 0.2) is 5.58 Å². The topological polar surface area (TPSA) is 81.5 Å². The van der Waals surface area contributed by atoms with E-state index >= 15 is 0 Å². The number of aryl methyl sites for hydroxylation is 2. The van der Waals surface area contributed by atoms with Crippen LogP contribution in [0, 0.1) is 0 Å². The van der Waals surface area contributed by atoms with Gasteiger partial charge in [-0.1, -0.05) is 44.2 Å². The quantitative estimate of drug-likeness (QED) is 0.469. The zero-order chi connectivity index (χ0) is 22.0. The maximum atomic E-state index is 13.2. The summed E-state index contributed by atoms with van der Waals surface area (Å²) in [7, 11) is 0. The highest BCUT2D eigenvalue weighted by Gasteiger charge is 2.25. The number of amides is 1. The number of rotatable bonds is 8. The molecule has 0 radical (unpaired) electrons. The van der Waals surface area contributed by atoms with Gasteiger partial charge in [-0.2, -0.15) is 5.10 Å². The Morgan fingerprint density at radius 1 is 1.16 bits per heavy atom. The summed E-state index contributed by atoms with van der Waals surface area (Å²) in [6, 6.07) is 13.1. The Bertz CT molecular complexity index is 1250. The van der Waals surface area contributed by atoms with Gasteiger partial charge in [0.2, 0.25) is 5.91 Å². The summed E-state index contributed by atoms with van der Waals surface area (Å²) < 4.78 is 8.64. The minimum atomic E-state index is -0.664. The Kier molecular flexibility index (Phi) is 5.93. The van der Waals surface area contributed by atoms with E-state index in [9.17, 15) is 9.59 Å². The van der Waals surface area contributed by atoms with Crippen molar-refractivity contribution in [2.24, 2.45) is 0 Å². The highest BCUT2D eigenvalue weighted by Crippen LogP contribution is 2.21. The first-order valence-electron chi connectivity index (χ1n) is 10.9. The van der Waals surface area contributed by atoms with Gasteiger partial charge in [0.25, 0.3) is 5.56 Å². The highest BCUT2D eigenvalue weighted by molar-refractivity contribution is 5.83. The number of nitrogens with zero attached hydrogens (tertiary/aromatic N) is 3. The average molecular weight is 421 g/mol. The number of hydrogen-bond donors (Lipinski definition) is 1. The molecule has 0 unspecified atom stereocenters. The summed E-state index contributed by atoms with van der Waals surface area (Å²) in [5.74, 6) is 0.536. The molecule has 1 amide bonds. The van der Waals surface area contributed by atoms with Gasteiger partial charge in [-0.05, 0) is 31.7 Å². The molecule has 31 heavy (non-hydrogen) atoms. The molecule has 7 nitrogen and oxygen atoms in total. The fraction of sp³-hybridized carbons (Fsp3) is 0.375. The lowest BCUT2D eigenvalue weighted by atomic mass is 10.1. The second-order valence-corrected chi connectivity index (χ2v) is 7.91. The van der Waals surface area contributed by atoms with Crippen LogP contribution in [0.3, 0.4) is 0 Å². The minimum absolute atomic E-state index is 0.0116.